The molecule has 170 valence electrons. The summed E-state index contributed by atoms with van der Waals surface area (Å²) in [5.41, 5.74) is 3.31. The molecule has 4 aromatic rings. The molecule has 0 aliphatic rings. The number of pyridine rings is 1. The molecule has 2 aromatic heterocycles. The highest BCUT2D eigenvalue weighted by atomic mass is 32.2. The molecule has 0 bridgehead atoms. The van der Waals surface area contributed by atoms with E-state index in [2.05, 4.69) is 25.0 Å². The van der Waals surface area contributed by atoms with Crippen molar-refractivity contribution in [1.82, 2.24) is 15.0 Å². The molecule has 3 N–H and O–H groups in total. The summed E-state index contributed by atoms with van der Waals surface area (Å²) in [5.74, 6) is 0.772. The van der Waals surface area contributed by atoms with E-state index < -0.39 is 10.0 Å². The van der Waals surface area contributed by atoms with Crippen LogP contribution in [0.5, 0.6) is 5.75 Å². The zero-order valence-corrected chi connectivity index (χ0v) is 18.9. The minimum Gasteiger partial charge on any atom is -0.495 e. The van der Waals surface area contributed by atoms with Crippen molar-refractivity contribution in [2.45, 2.75) is 18.2 Å². The molecule has 2 heterocycles. The average Bonchev–Trinajstić information content (AvgIpc) is 2.80. The molecule has 0 radical (unpaired) electrons. The van der Waals surface area contributed by atoms with Gasteiger partial charge in [0, 0.05) is 18.5 Å². The van der Waals surface area contributed by atoms with Gasteiger partial charge in [0.25, 0.3) is 10.0 Å². The maximum absolute atomic E-state index is 13.0. The molecule has 10 heteroatoms. The van der Waals surface area contributed by atoms with Crippen LogP contribution in [-0.4, -0.2) is 42.2 Å². The molecular formula is C23H23N5O4S. The molecule has 0 saturated heterocycles. The van der Waals surface area contributed by atoms with Gasteiger partial charge in [-0.05, 0) is 55.3 Å². The van der Waals surface area contributed by atoms with E-state index in [-0.39, 0.29) is 23.1 Å². The second-order valence-electron chi connectivity index (χ2n) is 7.28. The van der Waals surface area contributed by atoms with Crippen molar-refractivity contribution in [2.24, 2.45) is 0 Å². The average molecular weight is 466 g/mol. The van der Waals surface area contributed by atoms with Gasteiger partial charge in [-0.3, -0.25) is 9.71 Å². The molecule has 0 saturated carbocycles. The Labute approximate surface area is 191 Å². The third-order valence-electron chi connectivity index (χ3n) is 4.92. The number of sulfonamides is 1. The SMILES string of the molecule is COc1cc(CCO)ccc1Nc1nc2ccccc2nc1NS(=O)(=O)c1ccc(C)nc1. The van der Waals surface area contributed by atoms with E-state index in [1.807, 2.05) is 12.1 Å². The Kier molecular flexibility index (Phi) is 6.38. The van der Waals surface area contributed by atoms with Crippen LogP contribution in [0, 0.1) is 6.92 Å². The lowest BCUT2D eigenvalue weighted by Crippen LogP contribution is -2.16. The summed E-state index contributed by atoms with van der Waals surface area (Å²) < 4.78 is 34.0. The molecule has 0 fully saturated rings. The summed E-state index contributed by atoms with van der Waals surface area (Å²) >= 11 is 0. The van der Waals surface area contributed by atoms with Crippen LogP contribution in [0.25, 0.3) is 11.0 Å². The van der Waals surface area contributed by atoms with Gasteiger partial charge in [-0.15, -0.1) is 0 Å². The van der Waals surface area contributed by atoms with E-state index in [9.17, 15) is 13.5 Å². The van der Waals surface area contributed by atoms with Crippen LogP contribution in [0.3, 0.4) is 0 Å². The number of para-hydroxylation sites is 2. The van der Waals surface area contributed by atoms with Crippen LogP contribution in [0.1, 0.15) is 11.3 Å². The van der Waals surface area contributed by atoms with Gasteiger partial charge in [0.2, 0.25) is 0 Å². The quantitative estimate of drug-likeness (QED) is 0.361. The summed E-state index contributed by atoms with van der Waals surface area (Å²) in [5, 5.41) is 12.3. The molecule has 0 unspecified atom stereocenters. The first-order valence-corrected chi connectivity index (χ1v) is 11.6. The van der Waals surface area contributed by atoms with Gasteiger partial charge in [-0.2, -0.15) is 0 Å². The van der Waals surface area contributed by atoms with Gasteiger partial charge < -0.3 is 15.2 Å². The van der Waals surface area contributed by atoms with Crippen molar-refractivity contribution < 1.29 is 18.3 Å². The first-order chi connectivity index (χ1) is 15.9. The van der Waals surface area contributed by atoms with E-state index >= 15 is 0 Å². The topological polar surface area (TPSA) is 126 Å². The Bertz CT molecular complexity index is 1390. The number of ether oxygens (including phenoxy) is 1. The van der Waals surface area contributed by atoms with Crippen LogP contribution in [0.4, 0.5) is 17.3 Å². The number of anilines is 3. The molecule has 0 amide bonds. The number of aliphatic hydroxyl groups excluding tert-OH is 1. The van der Waals surface area contributed by atoms with Gasteiger partial charge in [0.05, 0.1) is 23.8 Å². The van der Waals surface area contributed by atoms with Crippen molar-refractivity contribution in [2.75, 3.05) is 23.8 Å². The lowest BCUT2D eigenvalue weighted by molar-refractivity contribution is 0.299. The zero-order valence-electron chi connectivity index (χ0n) is 18.1. The van der Waals surface area contributed by atoms with Gasteiger partial charge in [0.1, 0.15) is 10.6 Å². The number of aliphatic hydroxyl groups is 1. The number of methoxy groups -OCH3 is 1. The molecule has 0 spiro atoms. The smallest absolute Gasteiger partial charge is 0.264 e. The first kappa shape index (κ1) is 22.4. The molecule has 33 heavy (non-hydrogen) atoms. The van der Waals surface area contributed by atoms with Gasteiger partial charge in [0.15, 0.2) is 11.6 Å². The molecule has 0 aliphatic carbocycles. The summed E-state index contributed by atoms with van der Waals surface area (Å²) in [7, 11) is -2.43. The number of fused-ring (bicyclic) bond motifs is 1. The van der Waals surface area contributed by atoms with Crippen LogP contribution in [0.15, 0.2) is 65.7 Å². The second kappa shape index (κ2) is 9.39. The standard InChI is InChI=1S/C23H23N5O4S/c1-15-7-9-17(14-24-15)33(30,31)28-23-22(25-18-5-3-4-6-19(18)26-23)27-20-10-8-16(11-12-29)13-21(20)32-2/h3-10,13-14,29H,11-12H2,1-2H3,(H,25,27)(H,26,28). The number of aryl methyl sites for hydroxylation is 1. The summed E-state index contributed by atoms with van der Waals surface area (Å²) in [6.07, 6.45) is 1.78. The van der Waals surface area contributed by atoms with Crippen molar-refractivity contribution in [3.8, 4) is 5.75 Å². The maximum Gasteiger partial charge on any atom is 0.264 e. The molecule has 4 rings (SSSR count). The van der Waals surface area contributed by atoms with Crippen molar-refractivity contribution >= 4 is 38.4 Å². The van der Waals surface area contributed by atoms with Crippen molar-refractivity contribution in [3.05, 3.63) is 72.1 Å². The summed E-state index contributed by atoms with van der Waals surface area (Å²) in [6, 6.07) is 15.7. The molecular weight excluding hydrogens is 442 g/mol. The molecule has 2 aromatic carbocycles. The summed E-state index contributed by atoms with van der Waals surface area (Å²) in [4.78, 5) is 13.2. The van der Waals surface area contributed by atoms with Crippen LogP contribution in [0.2, 0.25) is 0 Å². The Balaban J connectivity index is 1.76. The monoisotopic (exact) mass is 465 g/mol. The third-order valence-corrected chi connectivity index (χ3v) is 6.24. The van der Waals surface area contributed by atoms with Gasteiger partial charge in [-0.25, -0.2) is 18.4 Å². The first-order valence-electron chi connectivity index (χ1n) is 10.2. The van der Waals surface area contributed by atoms with E-state index in [1.165, 1.54) is 19.4 Å². The number of aromatic nitrogens is 3. The van der Waals surface area contributed by atoms with E-state index in [0.29, 0.717) is 34.6 Å². The highest BCUT2D eigenvalue weighted by molar-refractivity contribution is 7.92. The number of hydrogen-bond acceptors (Lipinski definition) is 8. The Morgan fingerprint density at radius 3 is 2.36 bits per heavy atom. The largest absolute Gasteiger partial charge is 0.495 e. The number of rotatable bonds is 8. The van der Waals surface area contributed by atoms with E-state index in [0.717, 1.165) is 5.56 Å². The number of benzene rings is 2. The number of nitrogens with one attached hydrogen (secondary N) is 2. The molecule has 0 atom stereocenters. The highest BCUT2D eigenvalue weighted by Gasteiger charge is 2.20. The van der Waals surface area contributed by atoms with Gasteiger partial charge >= 0.3 is 0 Å². The Morgan fingerprint density at radius 2 is 1.73 bits per heavy atom. The number of hydrogen-bond donors (Lipinski definition) is 3. The van der Waals surface area contributed by atoms with Crippen molar-refractivity contribution in [1.29, 1.82) is 0 Å². The predicted octanol–water partition coefficient (Wildman–Crippen LogP) is 3.42. The summed E-state index contributed by atoms with van der Waals surface area (Å²) in [6.45, 7) is 1.80. The fraction of sp³-hybridized carbons (Fsp3) is 0.174. The maximum atomic E-state index is 13.0. The normalized spacial score (nSPS) is 11.4. The van der Waals surface area contributed by atoms with Gasteiger partial charge in [-0.1, -0.05) is 18.2 Å². The third kappa shape index (κ3) is 5.02. The predicted molar refractivity (Wildman–Crippen MR) is 126 cm³/mol. The lowest BCUT2D eigenvalue weighted by Gasteiger charge is -2.16. The Hall–Kier alpha value is -3.76. The Morgan fingerprint density at radius 1 is 1.00 bits per heavy atom. The van der Waals surface area contributed by atoms with Crippen LogP contribution in [-0.2, 0) is 16.4 Å². The minimum atomic E-state index is -3.96. The zero-order chi connectivity index (χ0) is 23.4. The second-order valence-corrected chi connectivity index (χ2v) is 8.97. The molecule has 0 aliphatic heterocycles. The lowest BCUT2D eigenvalue weighted by atomic mass is 10.1. The fourth-order valence-corrected chi connectivity index (χ4v) is 4.16. The van der Waals surface area contributed by atoms with Crippen LogP contribution >= 0.6 is 0 Å². The molecule has 9 nitrogen and oxygen atoms in total. The van der Waals surface area contributed by atoms with E-state index in [4.69, 9.17) is 4.74 Å². The van der Waals surface area contributed by atoms with Crippen LogP contribution < -0.4 is 14.8 Å². The van der Waals surface area contributed by atoms with Crippen molar-refractivity contribution in [3.63, 3.8) is 0 Å². The highest BCUT2D eigenvalue weighted by Crippen LogP contribution is 2.32. The fourth-order valence-electron chi connectivity index (χ4n) is 3.21. The van der Waals surface area contributed by atoms with E-state index in [1.54, 1.807) is 43.3 Å². The number of nitrogens with zero attached hydrogens (tertiary/aromatic N) is 3. The minimum absolute atomic E-state index is 0.0138.